The van der Waals surface area contributed by atoms with E-state index in [0.717, 1.165) is 5.56 Å². The van der Waals surface area contributed by atoms with Gasteiger partial charge in [0.05, 0.1) is 18.1 Å². The van der Waals surface area contributed by atoms with Gasteiger partial charge in [0, 0.05) is 5.56 Å². The fraction of sp³-hybridized carbons (Fsp3) is 0.158. The molecular weight excluding hydrogens is 324 g/mol. The van der Waals surface area contributed by atoms with Crippen LogP contribution in [-0.2, 0) is 11.3 Å². The minimum atomic E-state index is -0.971. The number of fused-ring (bicyclic) bond motifs is 1. The Balaban J connectivity index is 1.87. The summed E-state index contributed by atoms with van der Waals surface area (Å²) >= 11 is 0. The van der Waals surface area contributed by atoms with E-state index in [1.54, 1.807) is 37.3 Å². The quantitative estimate of drug-likeness (QED) is 0.711. The van der Waals surface area contributed by atoms with Crippen molar-refractivity contribution >= 4 is 22.9 Å². The maximum atomic E-state index is 11.8. The number of ether oxygens (including phenoxy) is 2. The van der Waals surface area contributed by atoms with Gasteiger partial charge in [-0.15, -0.1) is 0 Å². The average molecular weight is 340 g/mol. The van der Waals surface area contributed by atoms with Crippen LogP contribution in [0.1, 0.15) is 32.0 Å². The molecule has 1 heterocycles. The Hall–Kier alpha value is -3.28. The number of rotatable bonds is 5. The highest BCUT2D eigenvalue weighted by Crippen LogP contribution is 2.33. The van der Waals surface area contributed by atoms with E-state index in [-0.39, 0.29) is 17.9 Å². The highest BCUT2D eigenvalue weighted by molar-refractivity contribution is 5.98. The third kappa shape index (κ3) is 3.19. The van der Waals surface area contributed by atoms with Crippen molar-refractivity contribution in [2.45, 2.75) is 13.5 Å². The third-order valence-corrected chi connectivity index (χ3v) is 3.88. The van der Waals surface area contributed by atoms with Gasteiger partial charge in [-0.1, -0.05) is 18.2 Å². The number of hydrogen-bond donors (Lipinski definition) is 1. The average Bonchev–Trinajstić information content (AvgIpc) is 2.97. The van der Waals surface area contributed by atoms with Gasteiger partial charge in [-0.25, -0.2) is 9.59 Å². The summed E-state index contributed by atoms with van der Waals surface area (Å²) in [6.45, 7) is 2.03. The topological polar surface area (TPSA) is 86.0 Å². The number of benzene rings is 2. The van der Waals surface area contributed by atoms with Crippen LogP contribution in [0.2, 0.25) is 0 Å². The minimum absolute atomic E-state index is 0.152. The standard InChI is InChI=1S/C19H16O6/c1-11-16-14(4-3-5-15(16)25-17(11)19(22)23-2)24-10-12-6-8-13(9-7-12)18(20)21/h3-9H,10H2,1-2H3,(H,20,21). The van der Waals surface area contributed by atoms with Crippen molar-refractivity contribution in [2.24, 2.45) is 0 Å². The lowest BCUT2D eigenvalue weighted by Crippen LogP contribution is -2.01. The van der Waals surface area contributed by atoms with Crippen LogP contribution < -0.4 is 4.74 Å². The molecule has 0 saturated heterocycles. The monoisotopic (exact) mass is 340 g/mol. The Bertz CT molecular complexity index is 936. The molecule has 6 heteroatoms. The van der Waals surface area contributed by atoms with E-state index in [2.05, 4.69) is 0 Å². The molecular formula is C19H16O6. The summed E-state index contributed by atoms with van der Waals surface area (Å²) in [5.41, 5.74) is 2.24. The molecule has 0 unspecified atom stereocenters. The maximum Gasteiger partial charge on any atom is 0.374 e. The Kier molecular flexibility index (Phi) is 4.43. The smallest absolute Gasteiger partial charge is 0.374 e. The number of hydrogen-bond acceptors (Lipinski definition) is 5. The number of esters is 1. The number of furan rings is 1. The molecule has 3 rings (SSSR count). The molecule has 0 spiro atoms. The molecule has 0 saturated carbocycles. The van der Waals surface area contributed by atoms with Crippen molar-refractivity contribution in [2.75, 3.05) is 7.11 Å². The van der Waals surface area contributed by atoms with Gasteiger partial charge < -0.3 is 19.0 Å². The van der Waals surface area contributed by atoms with Gasteiger partial charge in [-0.3, -0.25) is 0 Å². The highest BCUT2D eigenvalue weighted by Gasteiger charge is 2.20. The fourth-order valence-corrected chi connectivity index (χ4v) is 2.58. The van der Waals surface area contributed by atoms with Crippen LogP contribution in [0.5, 0.6) is 5.75 Å². The predicted octanol–water partition coefficient (Wildman–Crippen LogP) is 3.81. The minimum Gasteiger partial charge on any atom is -0.488 e. The van der Waals surface area contributed by atoms with E-state index in [9.17, 15) is 9.59 Å². The van der Waals surface area contributed by atoms with Gasteiger partial charge in [0.1, 0.15) is 17.9 Å². The fourth-order valence-electron chi connectivity index (χ4n) is 2.58. The van der Waals surface area contributed by atoms with Crippen LogP contribution in [0, 0.1) is 6.92 Å². The van der Waals surface area contributed by atoms with E-state index in [1.807, 2.05) is 0 Å². The number of carbonyl (C=O) groups excluding carboxylic acids is 1. The molecule has 1 aromatic heterocycles. The number of methoxy groups -OCH3 is 1. The van der Waals surface area contributed by atoms with Crippen LogP contribution in [0.3, 0.4) is 0 Å². The molecule has 0 aliphatic carbocycles. The van der Waals surface area contributed by atoms with Crippen molar-refractivity contribution in [1.29, 1.82) is 0 Å². The van der Waals surface area contributed by atoms with Crippen molar-refractivity contribution in [3.05, 3.63) is 64.9 Å². The Morgan fingerprint density at radius 3 is 2.48 bits per heavy atom. The normalized spacial score (nSPS) is 10.6. The van der Waals surface area contributed by atoms with E-state index in [1.165, 1.54) is 19.2 Å². The van der Waals surface area contributed by atoms with Crippen LogP contribution in [0.15, 0.2) is 46.9 Å². The zero-order chi connectivity index (χ0) is 18.0. The number of carboxylic acids is 1. The molecule has 0 amide bonds. The van der Waals surface area contributed by atoms with E-state index in [0.29, 0.717) is 22.3 Å². The lowest BCUT2D eigenvalue weighted by Gasteiger charge is -2.08. The lowest BCUT2D eigenvalue weighted by atomic mass is 10.1. The van der Waals surface area contributed by atoms with Crippen molar-refractivity contribution in [3.63, 3.8) is 0 Å². The first kappa shape index (κ1) is 16.6. The molecule has 0 radical (unpaired) electrons. The highest BCUT2D eigenvalue weighted by atomic mass is 16.5. The van der Waals surface area contributed by atoms with Crippen molar-refractivity contribution in [1.82, 2.24) is 0 Å². The van der Waals surface area contributed by atoms with E-state index >= 15 is 0 Å². The molecule has 0 aliphatic heterocycles. The summed E-state index contributed by atoms with van der Waals surface area (Å²) in [6, 6.07) is 11.8. The molecule has 1 N–H and O–H groups in total. The first-order valence-electron chi connectivity index (χ1n) is 7.56. The predicted molar refractivity (Wildman–Crippen MR) is 90.0 cm³/mol. The molecule has 3 aromatic rings. The second-order valence-corrected chi connectivity index (χ2v) is 5.47. The zero-order valence-corrected chi connectivity index (χ0v) is 13.7. The molecule has 0 bridgehead atoms. The number of aryl methyl sites for hydroxylation is 1. The number of carboxylic acid groups (broad SMARTS) is 1. The summed E-state index contributed by atoms with van der Waals surface area (Å²) in [4.78, 5) is 22.7. The molecule has 128 valence electrons. The molecule has 6 nitrogen and oxygen atoms in total. The van der Waals surface area contributed by atoms with E-state index in [4.69, 9.17) is 19.0 Å². The maximum absolute atomic E-state index is 11.8. The number of carbonyl (C=O) groups is 2. The lowest BCUT2D eigenvalue weighted by molar-refractivity contribution is 0.0566. The molecule has 25 heavy (non-hydrogen) atoms. The van der Waals surface area contributed by atoms with Crippen molar-refractivity contribution in [3.8, 4) is 5.75 Å². The SMILES string of the molecule is COC(=O)c1oc2cccc(OCc3ccc(C(=O)O)cc3)c2c1C. The summed E-state index contributed by atoms with van der Waals surface area (Å²) in [6.07, 6.45) is 0. The summed E-state index contributed by atoms with van der Waals surface area (Å²) < 4.78 is 16.1. The van der Waals surface area contributed by atoms with Crippen molar-refractivity contribution < 1.29 is 28.6 Å². The van der Waals surface area contributed by atoms with Gasteiger partial charge in [0.15, 0.2) is 0 Å². The first-order valence-corrected chi connectivity index (χ1v) is 7.56. The Morgan fingerprint density at radius 2 is 1.84 bits per heavy atom. The zero-order valence-electron chi connectivity index (χ0n) is 13.7. The molecule has 0 fully saturated rings. The summed E-state index contributed by atoms with van der Waals surface area (Å²) in [5, 5.41) is 9.63. The van der Waals surface area contributed by atoms with Gasteiger partial charge >= 0.3 is 11.9 Å². The third-order valence-electron chi connectivity index (χ3n) is 3.88. The molecule has 0 aliphatic rings. The van der Waals surface area contributed by atoms with Gasteiger partial charge in [0.25, 0.3) is 0 Å². The van der Waals surface area contributed by atoms with E-state index < -0.39 is 11.9 Å². The molecule has 2 aromatic carbocycles. The van der Waals surface area contributed by atoms with Crippen LogP contribution in [0.4, 0.5) is 0 Å². The van der Waals surface area contributed by atoms with Gasteiger partial charge in [-0.2, -0.15) is 0 Å². The summed E-state index contributed by atoms with van der Waals surface area (Å²) in [7, 11) is 1.30. The van der Waals surface area contributed by atoms with Gasteiger partial charge in [-0.05, 0) is 36.8 Å². The Morgan fingerprint density at radius 1 is 1.12 bits per heavy atom. The van der Waals surface area contributed by atoms with Crippen LogP contribution in [-0.4, -0.2) is 24.2 Å². The first-order chi connectivity index (χ1) is 12.0. The summed E-state index contributed by atoms with van der Waals surface area (Å²) in [5.74, 6) is -0.777. The largest absolute Gasteiger partial charge is 0.488 e. The Labute approximate surface area is 143 Å². The van der Waals surface area contributed by atoms with Crippen LogP contribution >= 0.6 is 0 Å². The molecule has 0 atom stereocenters. The second kappa shape index (κ2) is 6.68. The van der Waals surface area contributed by atoms with Gasteiger partial charge in [0.2, 0.25) is 5.76 Å². The second-order valence-electron chi connectivity index (χ2n) is 5.47. The number of aromatic carboxylic acids is 1. The van der Waals surface area contributed by atoms with Crippen LogP contribution in [0.25, 0.3) is 11.0 Å².